The van der Waals surface area contributed by atoms with Crippen LogP contribution in [0.4, 0.5) is 17.5 Å². The Bertz CT molecular complexity index is 1120. The quantitative estimate of drug-likeness (QED) is 0.438. The van der Waals surface area contributed by atoms with E-state index in [-0.39, 0.29) is 5.95 Å². The van der Waals surface area contributed by atoms with Gasteiger partial charge in [-0.25, -0.2) is 9.97 Å². The molecule has 2 heterocycles. The van der Waals surface area contributed by atoms with Crippen LogP contribution in [0.1, 0.15) is 6.92 Å². The van der Waals surface area contributed by atoms with E-state index in [2.05, 4.69) is 31.1 Å². The first-order valence-electron chi connectivity index (χ1n) is 8.84. The van der Waals surface area contributed by atoms with E-state index in [4.69, 9.17) is 10.5 Å². The summed E-state index contributed by atoms with van der Waals surface area (Å²) in [5.74, 6) is 1.48. The van der Waals surface area contributed by atoms with Crippen LogP contribution in [0.5, 0.6) is 5.88 Å². The summed E-state index contributed by atoms with van der Waals surface area (Å²) in [5.41, 5.74) is 9.52. The Labute approximate surface area is 171 Å². The van der Waals surface area contributed by atoms with Crippen LogP contribution in [-0.2, 0) is 0 Å². The number of anilines is 3. The zero-order chi connectivity index (χ0) is 19.5. The van der Waals surface area contributed by atoms with E-state index < -0.39 is 0 Å². The molecule has 0 atom stereocenters. The third-order valence-electron chi connectivity index (χ3n) is 4.22. The normalized spacial score (nSPS) is 10.8. The number of hydrogen-bond donors (Lipinski definition) is 1. The predicted octanol–water partition coefficient (Wildman–Crippen LogP) is 5.12. The van der Waals surface area contributed by atoms with E-state index in [1.807, 2.05) is 71.5 Å². The molecule has 0 bridgehead atoms. The van der Waals surface area contributed by atoms with Crippen molar-refractivity contribution in [1.29, 1.82) is 0 Å². The number of fused-ring (bicyclic) bond motifs is 1. The molecule has 0 unspecified atom stereocenters. The van der Waals surface area contributed by atoms with Crippen LogP contribution in [0, 0.1) is 0 Å². The van der Waals surface area contributed by atoms with Gasteiger partial charge in [0.05, 0.1) is 34.0 Å². The third kappa shape index (κ3) is 3.48. The standard InChI is InChI=1S/C21H18BrN5O/c1-2-28-20-16(9-6-12-24-20)14-10-11-18-17(13-14)19(26-21(23)25-18)27(22)15-7-4-3-5-8-15/h3-13H,2H2,1H3,(H2,23,25,26). The second-order valence-electron chi connectivity index (χ2n) is 6.04. The summed E-state index contributed by atoms with van der Waals surface area (Å²) in [6.07, 6.45) is 1.72. The lowest BCUT2D eigenvalue weighted by Gasteiger charge is -2.18. The molecule has 7 heteroatoms. The smallest absolute Gasteiger partial charge is 0.222 e. The molecule has 2 aromatic heterocycles. The van der Waals surface area contributed by atoms with Crippen molar-refractivity contribution in [3.63, 3.8) is 0 Å². The molecule has 0 spiro atoms. The van der Waals surface area contributed by atoms with E-state index in [0.29, 0.717) is 18.3 Å². The van der Waals surface area contributed by atoms with Crippen molar-refractivity contribution in [2.45, 2.75) is 6.92 Å². The fraction of sp³-hybridized carbons (Fsp3) is 0.0952. The first kappa shape index (κ1) is 18.2. The van der Waals surface area contributed by atoms with Gasteiger partial charge >= 0.3 is 0 Å². The molecule has 4 rings (SSSR count). The Balaban J connectivity index is 1.89. The Morgan fingerprint density at radius 1 is 1.04 bits per heavy atom. The van der Waals surface area contributed by atoms with Crippen molar-refractivity contribution in [3.8, 4) is 17.0 Å². The van der Waals surface area contributed by atoms with Gasteiger partial charge in [0, 0.05) is 17.1 Å². The van der Waals surface area contributed by atoms with E-state index in [0.717, 1.165) is 27.7 Å². The number of nitrogens with zero attached hydrogens (tertiary/aromatic N) is 4. The number of halogens is 1. The van der Waals surface area contributed by atoms with Gasteiger partial charge in [0.1, 0.15) is 0 Å². The van der Waals surface area contributed by atoms with Crippen LogP contribution in [-0.4, -0.2) is 21.6 Å². The zero-order valence-corrected chi connectivity index (χ0v) is 16.8. The second-order valence-corrected chi connectivity index (χ2v) is 6.75. The lowest BCUT2D eigenvalue weighted by Crippen LogP contribution is -2.07. The molecule has 0 saturated carbocycles. The Morgan fingerprint density at radius 3 is 2.64 bits per heavy atom. The summed E-state index contributed by atoms with van der Waals surface area (Å²) in [7, 11) is 0. The van der Waals surface area contributed by atoms with Crippen LogP contribution < -0.4 is 14.4 Å². The summed E-state index contributed by atoms with van der Waals surface area (Å²) < 4.78 is 7.51. The van der Waals surface area contributed by atoms with Crippen molar-refractivity contribution >= 4 is 44.5 Å². The first-order chi connectivity index (χ1) is 13.7. The SMILES string of the molecule is CCOc1ncccc1-c1ccc2nc(N)nc(N(Br)c3ccccc3)c2c1. The van der Waals surface area contributed by atoms with Gasteiger partial charge in [-0.1, -0.05) is 24.3 Å². The number of hydrogen-bond acceptors (Lipinski definition) is 6. The van der Waals surface area contributed by atoms with Gasteiger partial charge in [-0.15, -0.1) is 0 Å². The highest BCUT2D eigenvalue weighted by Crippen LogP contribution is 2.36. The average molecular weight is 436 g/mol. The van der Waals surface area contributed by atoms with Crippen LogP contribution >= 0.6 is 16.1 Å². The van der Waals surface area contributed by atoms with Gasteiger partial charge in [0.2, 0.25) is 11.8 Å². The molecule has 28 heavy (non-hydrogen) atoms. The molecule has 0 saturated heterocycles. The van der Waals surface area contributed by atoms with Crippen LogP contribution in [0.2, 0.25) is 0 Å². The number of nitrogens with two attached hydrogens (primary N) is 1. The topological polar surface area (TPSA) is 77.2 Å². The molecule has 6 nitrogen and oxygen atoms in total. The minimum Gasteiger partial charge on any atom is -0.478 e. The van der Waals surface area contributed by atoms with Crippen molar-refractivity contribution in [2.24, 2.45) is 0 Å². The molecule has 0 radical (unpaired) electrons. The van der Waals surface area contributed by atoms with Gasteiger partial charge in [0.25, 0.3) is 0 Å². The van der Waals surface area contributed by atoms with E-state index >= 15 is 0 Å². The molecular weight excluding hydrogens is 418 g/mol. The monoisotopic (exact) mass is 435 g/mol. The molecule has 0 aliphatic rings. The number of ether oxygens (including phenoxy) is 1. The lowest BCUT2D eigenvalue weighted by atomic mass is 10.0. The van der Waals surface area contributed by atoms with Crippen molar-refractivity contribution in [2.75, 3.05) is 16.3 Å². The molecule has 0 aliphatic carbocycles. The molecule has 2 aromatic carbocycles. The molecule has 0 aliphatic heterocycles. The van der Waals surface area contributed by atoms with Crippen LogP contribution in [0.25, 0.3) is 22.0 Å². The number of pyridine rings is 1. The highest BCUT2D eigenvalue weighted by molar-refractivity contribution is 9.10. The predicted molar refractivity (Wildman–Crippen MR) is 116 cm³/mol. The van der Waals surface area contributed by atoms with E-state index in [1.165, 1.54) is 0 Å². The first-order valence-corrected chi connectivity index (χ1v) is 9.54. The maximum absolute atomic E-state index is 5.95. The summed E-state index contributed by atoms with van der Waals surface area (Å²) in [4.78, 5) is 13.2. The number of para-hydroxylation sites is 1. The fourth-order valence-electron chi connectivity index (χ4n) is 2.99. The maximum Gasteiger partial charge on any atom is 0.222 e. The Hall–Kier alpha value is -3.19. The van der Waals surface area contributed by atoms with Crippen molar-refractivity contribution in [1.82, 2.24) is 15.0 Å². The van der Waals surface area contributed by atoms with E-state index in [1.54, 1.807) is 6.20 Å². The van der Waals surface area contributed by atoms with Crippen molar-refractivity contribution in [3.05, 3.63) is 66.9 Å². The fourth-order valence-corrected chi connectivity index (χ4v) is 3.50. The second kappa shape index (κ2) is 7.82. The van der Waals surface area contributed by atoms with Gasteiger partial charge in [-0.2, -0.15) is 4.98 Å². The maximum atomic E-state index is 5.95. The summed E-state index contributed by atoms with van der Waals surface area (Å²) >= 11 is 3.62. The Kier molecular flexibility index (Phi) is 5.08. The number of aromatic nitrogens is 3. The molecule has 4 aromatic rings. The van der Waals surface area contributed by atoms with Gasteiger partial charge in [-0.3, -0.25) is 3.93 Å². The molecule has 0 fully saturated rings. The van der Waals surface area contributed by atoms with Crippen LogP contribution in [0.3, 0.4) is 0 Å². The summed E-state index contributed by atoms with van der Waals surface area (Å²) in [5, 5.41) is 0.860. The number of nitrogen functional groups attached to an aromatic ring is 1. The minimum atomic E-state index is 0.215. The molecule has 2 N–H and O–H groups in total. The molecule has 140 valence electrons. The Morgan fingerprint density at radius 2 is 1.86 bits per heavy atom. The molecule has 0 amide bonds. The summed E-state index contributed by atoms with van der Waals surface area (Å²) in [6.45, 7) is 2.49. The minimum absolute atomic E-state index is 0.215. The summed E-state index contributed by atoms with van der Waals surface area (Å²) in [6, 6.07) is 19.7. The van der Waals surface area contributed by atoms with Gasteiger partial charge in [0.15, 0.2) is 5.82 Å². The van der Waals surface area contributed by atoms with Crippen molar-refractivity contribution < 1.29 is 4.74 Å². The third-order valence-corrected chi connectivity index (χ3v) is 4.97. The van der Waals surface area contributed by atoms with E-state index in [9.17, 15) is 0 Å². The number of rotatable bonds is 5. The average Bonchev–Trinajstić information content (AvgIpc) is 2.73. The molecular formula is C21H18BrN5O. The van der Waals surface area contributed by atoms with Crippen LogP contribution in [0.15, 0.2) is 66.9 Å². The highest BCUT2D eigenvalue weighted by Gasteiger charge is 2.16. The lowest BCUT2D eigenvalue weighted by molar-refractivity contribution is 0.328. The number of benzene rings is 2. The van der Waals surface area contributed by atoms with Gasteiger partial charge in [-0.05, 0) is 48.9 Å². The largest absolute Gasteiger partial charge is 0.478 e. The highest BCUT2D eigenvalue weighted by atomic mass is 79.9. The zero-order valence-electron chi connectivity index (χ0n) is 15.2. The van der Waals surface area contributed by atoms with Gasteiger partial charge < -0.3 is 10.5 Å².